The van der Waals surface area contributed by atoms with Crippen molar-refractivity contribution in [1.29, 1.82) is 0 Å². The topological polar surface area (TPSA) is 114 Å². The van der Waals surface area contributed by atoms with Gasteiger partial charge in [0.1, 0.15) is 5.75 Å². The molecular formula is C25H27N5O4S. The van der Waals surface area contributed by atoms with Crippen molar-refractivity contribution in [3.05, 3.63) is 69.7 Å². The third-order valence-corrected chi connectivity index (χ3v) is 6.73. The Morgan fingerprint density at radius 3 is 2.49 bits per heavy atom. The molecule has 35 heavy (non-hydrogen) atoms. The second-order valence-electron chi connectivity index (χ2n) is 8.39. The maximum Gasteiger partial charge on any atom is 0.286 e. The molecule has 0 saturated carbocycles. The number of benzene rings is 2. The zero-order chi connectivity index (χ0) is 24.8. The van der Waals surface area contributed by atoms with Gasteiger partial charge < -0.3 is 20.3 Å². The number of hydrogen-bond donors (Lipinski definition) is 2. The van der Waals surface area contributed by atoms with Crippen molar-refractivity contribution >= 4 is 34.7 Å². The number of carbonyl (C=O) groups excluding carboxylic acids is 3. The number of nitrogens with one attached hydrogen (secondary N) is 2. The van der Waals surface area contributed by atoms with E-state index in [1.807, 2.05) is 31.2 Å². The molecule has 10 heteroatoms. The number of aryl methyl sites for hydroxylation is 1. The molecule has 0 spiro atoms. The maximum atomic E-state index is 13.0. The zero-order valence-electron chi connectivity index (χ0n) is 19.6. The molecule has 1 aromatic heterocycles. The Hall–Kier alpha value is -3.79. The highest BCUT2D eigenvalue weighted by Crippen LogP contribution is 2.22. The van der Waals surface area contributed by atoms with Crippen LogP contribution in [-0.2, 0) is 11.3 Å². The second kappa shape index (κ2) is 11.1. The first-order valence-electron chi connectivity index (χ1n) is 11.3. The number of rotatable bonds is 7. The fraction of sp³-hybridized carbons (Fsp3) is 0.320. The minimum Gasteiger partial charge on any atom is -0.497 e. The van der Waals surface area contributed by atoms with Gasteiger partial charge in [-0.1, -0.05) is 41.2 Å². The highest BCUT2D eigenvalue weighted by atomic mass is 32.1. The molecule has 2 aromatic carbocycles. The van der Waals surface area contributed by atoms with E-state index in [0.29, 0.717) is 31.1 Å². The Morgan fingerprint density at radius 2 is 1.77 bits per heavy atom. The monoisotopic (exact) mass is 493 g/mol. The largest absolute Gasteiger partial charge is 0.497 e. The molecule has 9 nitrogen and oxygen atoms in total. The van der Waals surface area contributed by atoms with E-state index in [1.54, 1.807) is 36.3 Å². The number of piperidine rings is 1. The molecule has 3 aromatic rings. The van der Waals surface area contributed by atoms with Crippen LogP contribution >= 0.6 is 11.3 Å². The van der Waals surface area contributed by atoms with E-state index < -0.39 is 5.91 Å². The zero-order valence-corrected chi connectivity index (χ0v) is 20.4. The van der Waals surface area contributed by atoms with Crippen LogP contribution in [0.4, 0.5) is 5.69 Å². The molecule has 1 atom stereocenters. The number of likely N-dealkylation sites (tertiary alicyclic amines) is 1. The Balaban J connectivity index is 1.32. The maximum absolute atomic E-state index is 13.0. The average molecular weight is 494 g/mol. The summed E-state index contributed by atoms with van der Waals surface area (Å²) in [6.07, 6.45) is 1.44. The lowest BCUT2D eigenvalue weighted by Crippen LogP contribution is -2.45. The summed E-state index contributed by atoms with van der Waals surface area (Å²) in [5.41, 5.74) is 2.77. The first kappa shape index (κ1) is 24.3. The number of amides is 3. The summed E-state index contributed by atoms with van der Waals surface area (Å²) in [5.74, 6) is -0.444. The Labute approximate surface area is 207 Å². The van der Waals surface area contributed by atoms with Gasteiger partial charge in [-0.2, -0.15) is 0 Å². The number of hydrogen-bond acceptors (Lipinski definition) is 7. The SMILES string of the molecule is COc1ccc(NC(=O)c2nnc(C(=O)N3CCCC(C(=O)NCc4ccc(C)cc4)C3)s2)cc1. The van der Waals surface area contributed by atoms with E-state index in [9.17, 15) is 14.4 Å². The van der Waals surface area contributed by atoms with Crippen molar-refractivity contribution in [3.8, 4) is 5.75 Å². The minimum atomic E-state index is -0.446. The van der Waals surface area contributed by atoms with Crippen molar-refractivity contribution in [1.82, 2.24) is 20.4 Å². The van der Waals surface area contributed by atoms with Crippen molar-refractivity contribution in [2.24, 2.45) is 5.92 Å². The second-order valence-corrected chi connectivity index (χ2v) is 9.37. The molecule has 2 heterocycles. The van der Waals surface area contributed by atoms with E-state index in [0.717, 1.165) is 29.7 Å². The number of anilines is 1. The smallest absolute Gasteiger partial charge is 0.286 e. The number of carbonyl (C=O) groups is 3. The molecule has 0 bridgehead atoms. The molecule has 182 valence electrons. The lowest BCUT2D eigenvalue weighted by molar-refractivity contribution is -0.126. The fourth-order valence-corrected chi connectivity index (χ4v) is 4.52. The molecule has 0 radical (unpaired) electrons. The lowest BCUT2D eigenvalue weighted by atomic mass is 9.97. The average Bonchev–Trinajstić information content (AvgIpc) is 3.39. The Bertz CT molecular complexity index is 1190. The van der Waals surface area contributed by atoms with Crippen LogP contribution in [0, 0.1) is 12.8 Å². The minimum absolute atomic E-state index is 0.0695. The predicted octanol–water partition coefficient (Wildman–Crippen LogP) is 3.28. The van der Waals surface area contributed by atoms with Gasteiger partial charge >= 0.3 is 0 Å². The van der Waals surface area contributed by atoms with Gasteiger partial charge in [-0.3, -0.25) is 14.4 Å². The molecule has 1 aliphatic rings. The van der Waals surface area contributed by atoms with Gasteiger partial charge in [0.15, 0.2) is 0 Å². The van der Waals surface area contributed by atoms with Gasteiger partial charge in [0.25, 0.3) is 11.8 Å². The number of methoxy groups -OCH3 is 1. The van der Waals surface area contributed by atoms with Crippen LogP contribution in [0.3, 0.4) is 0 Å². The first-order valence-corrected chi connectivity index (χ1v) is 12.2. The lowest BCUT2D eigenvalue weighted by Gasteiger charge is -2.31. The van der Waals surface area contributed by atoms with Crippen LogP contribution in [0.25, 0.3) is 0 Å². The molecule has 1 aliphatic heterocycles. The predicted molar refractivity (Wildman–Crippen MR) is 133 cm³/mol. The van der Waals surface area contributed by atoms with Crippen molar-refractivity contribution in [2.75, 3.05) is 25.5 Å². The third kappa shape index (κ3) is 6.21. The van der Waals surface area contributed by atoms with Crippen LogP contribution in [0.5, 0.6) is 5.75 Å². The molecule has 3 amide bonds. The third-order valence-electron chi connectivity index (χ3n) is 5.82. The van der Waals surface area contributed by atoms with E-state index in [-0.39, 0.29) is 27.7 Å². The van der Waals surface area contributed by atoms with Crippen LogP contribution in [0.2, 0.25) is 0 Å². The molecule has 2 N–H and O–H groups in total. The van der Waals surface area contributed by atoms with Gasteiger partial charge in [0.2, 0.25) is 15.9 Å². The van der Waals surface area contributed by atoms with Crippen LogP contribution < -0.4 is 15.4 Å². The van der Waals surface area contributed by atoms with Crippen LogP contribution in [0.15, 0.2) is 48.5 Å². The highest BCUT2D eigenvalue weighted by molar-refractivity contribution is 7.15. The molecule has 0 aliphatic carbocycles. The summed E-state index contributed by atoms with van der Waals surface area (Å²) in [6, 6.07) is 14.9. The molecule has 1 unspecified atom stereocenters. The normalized spacial score (nSPS) is 15.4. The Morgan fingerprint density at radius 1 is 1.06 bits per heavy atom. The van der Waals surface area contributed by atoms with Crippen molar-refractivity contribution in [2.45, 2.75) is 26.3 Å². The van der Waals surface area contributed by atoms with Crippen LogP contribution in [0.1, 0.15) is 43.6 Å². The van der Waals surface area contributed by atoms with Gasteiger partial charge in [0.05, 0.1) is 13.0 Å². The standard InChI is InChI=1S/C25H27N5O4S/c1-16-5-7-17(8-6-16)14-26-21(31)18-4-3-13-30(15-18)25(33)24-29-28-23(35-24)22(32)27-19-9-11-20(34-2)12-10-19/h5-12,18H,3-4,13-15H2,1-2H3,(H,26,31)(H,27,32). The van der Waals surface area contributed by atoms with Crippen LogP contribution in [-0.4, -0.2) is 53.0 Å². The van der Waals surface area contributed by atoms with Gasteiger partial charge in [-0.05, 0) is 49.6 Å². The summed E-state index contributed by atoms with van der Waals surface area (Å²) in [5, 5.41) is 13.7. The summed E-state index contributed by atoms with van der Waals surface area (Å²) in [6.45, 7) is 3.32. The molecule has 1 fully saturated rings. The van der Waals surface area contributed by atoms with Crippen molar-refractivity contribution < 1.29 is 19.1 Å². The van der Waals surface area contributed by atoms with E-state index >= 15 is 0 Å². The number of ether oxygens (including phenoxy) is 1. The molecule has 4 rings (SSSR count). The molecule has 1 saturated heterocycles. The summed E-state index contributed by atoms with van der Waals surface area (Å²) >= 11 is 0.937. The molecular weight excluding hydrogens is 466 g/mol. The van der Waals surface area contributed by atoms with Gasteiger partial charge in [-0.15, -0.1) is 10.2 Å². The summed E-state index contributed by atoms with van der Waals surface area (Å²) in [7, 11) is 1.57. The quantitative estimate of drug-likeness (QED) is 0.522. The van der Waals surface area contributed by atoms with E-state index in [1.165, 1.54) is 5.56 Å². The van der Waals surface area contributed by atoms with Gasteiger partial charge in [0, 0.05) is 25.3 Å². The Kier molecular flexibility index (Phi) is 7.71. The van der Waals surface area contributed by atoms with Crippen molar-refractivity contribution in [3.63, 3.8) is 0 Å². The summed E-state index contributed by atoms with van der Waals surface area (Å²) in [4.78, 5) is 39.8. The van der Waals surface area contributed by atoms with E-state index in [4.69, 9.17) is 4.74 Å². The highest BCUT2D eigenvalue weighted by Gasteiger charge is 2.30. The van der Waals surface area contributed by atoms with E-state index in [2.05, 4.69) is 20.8 Å². The number of aromatic nitrogens is 2. The fourth-order valence-electron chi connectivity index (χ4n) is 3.81. The van der Waals surface area contributed by atoms with Gasteiger partial charge in [-0.25, -0.2) is 0 Å². The summed E-state index contributed by atoms with van der Waals surface area (Å²) < 4.78 is 5.11. The number of nitrogens with zero attached hydrogens (tertiary/aromatic N) is 3. The first-order chi connectivity index (χ1) is 16.9.